The Bertz CT molecular complexity index is 474. The Morgan fingerprint density at radius 3 is 3.24 bits per heavy atom. The monoisotopic (exact) mass is 247 g/mol. The van der Waals surface area contributed by atoms with Crippen LogP contribution in [0.1, 0.15) is 23.7 Å². The highest BCUT2D eigenvalue weighted by Gasteiger charge is 2.37. The number of hydrogen-bond acceptors (Lipinski definition) is 4. The summed E-state index contributed by atoms with van der Waals surface area (Å²) in [5.41, 5.74) is 4.29. The molecule has 0 aromatic carbocycles. The van der Waals surface area contributed by atoms with Crippen LogP contribution in [0.15, 0.2) is 6.07 Å². The van der Waals surface area contributed by atoms with Gasteiger partial charge in [-0.15, -0.1) is 0 Å². The Morgan fingerprint density at radius 1 is 1.35 bits per heavy atom. The number of hydrogen-bond donors (Lipinski definition) is 1. The van der Waals surface area contributed by atoms with E-state index in [-0.39, 0.29) is 0 Å². The van der Waals surface area contributed by atoms with Crippen molar-refractivity contribution in [1.29, 1.82) is 0 Å². The summed E-state index contributed by atoms with van der Waals surface area (Å²) >= 11 is 1.99. The van der Waals surface area contributed by atoms with E-state index in [1.807, 2.05) is 11.8 Å². The van der Waals surface area contributed by atoms with E-state index in [4.69, 9.17) is 4.98 Å². The molecule has 1 N–H and O–H groups in total. The molecular formula is C13H17N3S. The van der Waals surface area contributed by atoms with Crippen LogP contribution >= 0.6 is 11.8 Å². The lowest BCUT2D eigenvalue weighted by molar-refractivity contribution is 0.427. The van der Waals surface area contributed by atoms with Crippen LogP contribution in [0.5, 0.6) is 0 Å². The van der Waals surface area contributed by atoms with E-state index in [0.717, 1.165) is 24.6 Å². The molecule has 0 bridgehead atoms. The zero-order valence-electron chi connectivity index (χ0n) is 10.1. The lowest BCUT2D eigenvalue weighted by Gasteiger charge is -2.37. The number of piperazine rings is 1. The van der Waals surface area contributed by atoms with Crippen LogP contribution in [-0.4, -0.2) is 30.2 Å². The summed E-state index contributed by atoms with van der Waals surface area (Å²) in [4.78, 5) is 7.50. The van der Waals surface area contributed by atoms with Crippen molar-refractivity contribution >= 4 is 17.6 Å². The molecule has 17 heavy (non-hydrogen) atoms. The number of thioether (sulfide) groups is 1. The smallest absolute Gasteiger partial charge is 0.132 e. The van der Waals surface area contributed by atoms with E-state index in [1.54, 1.807) is 0 Å². The summed E-state index contributed by atoms with van der Waals surface area (Å²) in [7, 11) is 0. The van der Waals surface area contributed by atoms with E-state index in [2.05, 4.69) is 23.2 Å². The fourth-order valence-corrected chi connectivity index (χ4v) is 4.35. The van der Waals surface area contributed by atoms with Gasteiger partial charge in [0.25, 0.3) is 0 Å². The number of pyridine rings is 1. The number of fused-ring (bicyclic) bond motifs is 4. The Balaban J connectivity index is 1.81. The van der Waals surface area contributed by atoms with Crippen LogP contribution in [0.4, 0.5) is 5.82 Å². The van der Waals surface area contributed by atoms with Crippen LogP contribution < -0.4 is 10.2 Å². The summed E-state index contributed by atoms with van der Waals surface area (Å²) in [6.07, 6.45) is 1.18. The van der Waals surface area contributed by atoms with E-state index >= 15 is 0 Å². The van der Waals surface area contributed by atoms with Gasteiger partial charge in [-0.25, -0.2) is 4.98 Å². The Labute approximate surface area is 106 Å². The highest BCUT2D eigenvalue weighted by Crippen LogP contribution is 2.38. The van der Waals surface area contributed by atoms with E-state index < -0.39 is 0 Å². The van der Waals surface area contributed by atoms with Crippen molar-refractivity contribution in [2.75, 3.05) is 18.0 Å². The van der Waals surface area contributed by atoms with Crippen molar-refractivity contribution in [3.05, 3.63) is 22.9 Å². The molecule has 4 rings (SSSR count). The zero-order chi connectivity index (χ0) is 11.4. The minimum atomic E-state index is 0.578. The summed E-state index contributed by atoms with van der Waals surface area (Å²) in [5, 5.41) is 3.52. The number of rotatable bonds is 0. The van der Waals surface area contributed by atoms with Gasteiger partial charge in [0.2, 0.25) is 0 Å². The summed E-state index contributed by atoms with van der Waals surface area (Å²) in [6.45, 7) is 4.50. The van der Waals surface area contributed by atoms with Gasteiger partial charge in [-0.3, -0.25) is 0 Å². The fraction of sp³-hybridized carbons (Fsp3) is 0.615. The normalized spacial score (nSPS) is 30.1. The molecular weight excluding hydrogens is 230 g/mol. The Morgan fingerprint density at radius 2 is 2.29 bits per heavy atom. The van der Waals surface area contributed by atoms with Crippen LogP contribution in [-0.2, 0) is 17.9 Å². The first-order chi connectivity index (χ1) is 8.33. The highest BCUT2D eigenvalue weighted by atomic mass is 32.2. The average Bonchev–Trinajstić information content (AvgIpc) is 2.88. The molecule has 90 valence electrons. The van der Waals surface area contributed by atoms with Crippen LogP contribution in [0.25, 0.3) is 0 Å². The molecule has 0 radical (unpaired) electrons. The van der Waals surface area contributed by atoms with Crippen molar-refractivity contribution < 1.29 is 0 Å². The van der Waals surface area contributed by atoms with Gasteiger partial charge in [-0.1, -0.05) is 0 Å². The van der Waals surface area contributed by atoms with Gasteiger partial charge in [0.05, 0.1) is 5.69 Å². The topological polar surface area (TPSA) is 28.2 Å². The summed E-state index contributed by atoms with van der Waals surface area (Å²) < 4.78 is 0. The van der Waals surface area contributed by atoms with Crippen LogP contribution in [0, 0.1) is 0 Å². The predicted molar refractivity (Wildman–Crippen MR) is 71.5 cm³/mol. The SMILES string of the molecule is C[C@H]1CNC[C@H]2Cc3cc4c(nc3N21)CSC4. The Kier molecular flexibility index (Phi) is 2.18. The quantitative estimate of drug-likeness (QED) is 0.753. The first-order valence-electron chi connectivity index (χ1n) is 6.41. The molecule has 1 aromatic heterocycles. The summed E-state index contributed by atoms with van der Waals surface area (Å²) in [5.74, 6) is 3.55. The molecule has 1 saturated heterocycles. The van der Waals surface area contributed by atoms with Crippen molar-refractivity contribution in [3.63, 3.8) is 0 Å². The average molecular weight is 247 g/mol. The number of nitrogens with zero attached hydrogens (tertiary/aromatic N) is 2. The molecule has 3 aliphatic heterocycles. The highest BCUT2D eigenvalue weighted by molar-refractivity contribution is 7.98. The minimum Gasteiger partial charge on any atom is -0.348 e. The first-order valence-corrected chi connectivity index (χ1v) is 7.57. The van der Waals surface area contributed by atoms with Crippen molar-refractivity contribution in [2.45, 2.75) is 36.9 Å². The lowest BCUT2D eigenvalue weighted by atomic mass is 10.1. The molecule has 0 unspecified atom stereocenters. The van der Waals surface area contributed by atoms with Gasteiger partial charge in [-0.05, 0) is 30.5 Å². The molecule has 4 heteroatoms. The zero-order valence-corrected chi connectivity index (χ0v) is 10.9. The van der Waals surface area contributed by atoms with E-state index in [0.29, 0.717) is 12.1 Å². The molecule has 1 aromatic rings. The number of anilines is 1. The molecule has 0 saturated carbocycles. The molecule has 4 heterocycles. The molecule has 1 fully saturated rings. The third-order valence-corrected chi connectivity index (χ3v) is 5.12. The third kappa shape index (κ3) is 1.43. The second kappa shape index (κ2) is 3.62. The van der Waals surface area contributed by atoms with E-state index in [9.17, 15) is 0 Å². The van der Waals surface area contributed by atoms with Gasteiger partial charge in [0.15, 0.2) is 0 Å². The van der Waals surface area contributed by atoms with Crippen molar-refractivity contribution in [2.24, 2.45) is 0 Å². The maximum atomic E-state index is 4.95. The van der Waals surface area contributed by atoms with Crippen LogP contribution in [0.3, 0.4) is 0 Å². The maximum absolute atomic E-state index is 4.95. The molecule has 0 spiro atoms. The van der Waals surface area contributed by atoms with Gasteiger partial charge in [-0.2, -0.15) is 11.8 Å². The minimum absolute atomic E-state index is 0.578. The third-order valence-electron chi connectivity index (χ3n) is 4.13. The first kappa shape index (κ1) is 10.2. The van der Waals surface area contributed by atoms with Crippen LogP contribution in [0.2, 0.25) is 0 Å². The van der Waals surface area contributed by atoms with Gasteiger partial charge >= 0.3 is 0 Å². The largest absolute Gasteiger partial charge is 0.348 e. The van der Waals surface area contributed by atoms with Crippen molar-refractivity contribution in [3.8, 4) is 0 Å². The molecule has 3 nitrogen and oxygen atoms in total. The lowest BCUT2D eigenvalue weighted by Crippen LogP contribution is -2.55. The van der Waals surface area contributed by atoms with E-state index in [1.165, 1.54) is 29.1 Å². The molecule has 3 aliphatic rings. The second-order valence-corrected chi connectivity index (χ2v) is 6.33. The van der Waals surface area contributed by atoms with Gasteiger partial charge in [0, 0.05) is 36.7 Å². The standard InChI is InChI=1S/C13H17N3S/c1-8-4-14-5-11-3-9-2-10-6-17-7-12(10)15-13(9)16(8)11/h2,8,11,14H,3-7H2,1H3/t8-,11+/m0/s1. The van der Waals surface area contributed by atoms with Gasteiger partial charge in [0.1, 0.15) is 5.82 Å². The number of nitrogens with one attached hydrogen (secondary N) is 1. The molecule has 0 aliphatic carbocycles. The molecule has 2 atom stereocenters. The van der Waals surface area contributed by atoms with Gasteiger partial charge < -0.3 is 10.2 Å². The Hall–Kier alpha value is -0.740. The second-order valence-electron chi connectivity index (χ2n) is 5.34. The molecule has 0 amide bonds. The summed E-state index contributed by atoms with van der Waals surface area (Å²) in [6, 6.07) is 3.63. The predicted octanol–water partition coefficient (Wildman–Crippen LogP) is 1.55. The van der Waals surface area contributed by atoms with Crippen molar-refractivity contribution in [1.82, 2.24) is 10.3 Å². The fourth-order valence-electron chi connectivity index (χ4n) is 3.33. The number of aromatic nitrogens is 1. The maximum Gasteiger partial charge on any atom is 0.132 e.